The number of nitrogens with zero attached hydrogens (tertiary/aromatic N) is 2. The Morgan fingerprint density at radius 2 is 1.51 bits per heavy atom. The minimum Gasteiger partial charge on any atom is -0.350 e. The molecule has 0 radical (unpaired) electrons. The molecular formula is C30H36ClN3O4S. The first-order valence-electron chi connectivity index (χ1n) is 12.8. The first-order valence-corrected chi connectivity index (χ1v) is 14.6. The van der Waals surface area contributed by atoms with Crippen molar-refractivity contribution in [3.63, 3.8) is 0 Å². The van der Waals surface area contributed by atoms with E-state index >= 15 is 0 Å². The van der Waals surface area contributed by atoms with Gasteiger partial charge in [-0.25, -0.2) is 8.42 Å². The Morgan fingerprint density at radius 3 is 2.05 bits per heavy atom. The van der Waals surface area contributed by atoms with Gasteiger partial charge in [-0.15, -0.1) is 0 Å². The van der Waals surface area contributed by atoms with Crippen LogP contribution in [0.25, 0.3) is 0 Å². The fraction of sp³-hybridized carbons (Fsp3) is 0.333. The Bertz CT molecular complexity index is 1370. The fourth-order valence-electron chi connectivity index (χ4n) is 4.13. The van der Waals surface area contributed by atoms with Crippen molar-refractivity contribution in [3.8, 4) is 0 Å². The highest BCUT2D eigenvalue weighted by atomic mass is 35.5. The van der Waals surface area contributed by atoms with Crippen LogP contribution in [0.1, 0.15) is 45.2 Å². The van der Waals surface area contributed by atoms with Gasteiger partial charge in [0.15, 0.2) is 0 Å². The van der Waals surface area contributed by atoms with Crippen molar-refractivity contribution in [2.24, 2.45) is 0 Å². The van der Waals surface area contributed by atoms with Crippen LogP contribution in [0.2, 0.25) is 5.02 Å². The molecule has 0 aliphatic rings. The minimum atomic E-state index is -4.14. The summed E-state index contributed by atoms with van der Waals surface area (Å²) in [4.78, 5) is 28.8. The zero-order chi connectivity index (χ0) is 28.8. The molecule has 0 aliphatic heterocycles. The first kappa shape index (κ1) is 30.2. The van der Waals surface area contributed by atoms with Crippen LogP contribution in [0, 0.1) is 6.92 Å². The number of amides is 2. The lowest BCUT2D eigenvalue weighted by Crippen LogP contribution is -2.55. The van der Waals surface area contributed by atoms with E-state index in [0.29, 0.717) is 17.1 Å². The van der Waals surface area contributed by atoms with E-state index in [4.69, 9.17) is 11.6 Å². The molecular weight excluding hydrogens is 534 g/mol. The van der Waals surface area contributed by atoms with Crippen LogP contribution in [-0.4, -0.2) is 43.3 Å². The molecule has 0 bridgehead atoms. The molecule has 208 valence electrons. The average molecular weight is 570 g/mol. The monoisotopic (exact) mass is 569 g/mol. The van der Waals surface area contributed by atoms with Gasteiger partial charge < -0.3 is 10.2 Å². The average Bonchev–Trinajstić information content (AvgIpc) is 2.87. The highest BCUT2D eigenvalue weighted by Gasteiger charge is 2.34. The quantitative estimate of drug-likeness (QED) is 0.346. The van der Waals surface area contributed by atoms with Gasteiger partial charge >= 0.3 is 0 Å². The molecule has 0 saturated heterocycles. The second-order valence-corrected chi connectivity index (χ2v) is 12.8. The number of sulfonamides is 1. The van der Waals surface area contributed by atoms with Crippen molar-refractivity contribution < 1.29 is 18.0 Å². The van der Waals surface area contributed by atoms with E-state index in [1.165, 1.54) is 29.2 Å². The number of benzene rings is 3. The molecule has 0 saturated carbocycles. The Morgan fingerprint density at radius 1 is 0.923 bits per heavy atom. The second-order valence-electron chi connectivity index (χ2n) is 10.5. The zero-order valence-electron chi connectivity index (χ0n) is 23.0. The summed E-state index contributed by atoms with van der Waals surface area (Å²) in [6, 6.07) is 21.3. The van der Waals surface area contributed by atoms with Gasteiger partial charge in [-0.3, -0.25) is 13.9 Å². The molecule has 3 aromatic rings. The van der Waals surface area contributed by atoms with Crippen LogP contribution >= 0.6 is 11.6 Å². The molecule has 39 heavy (non-hydrogen) atoms. The van der Waals surface area contributed by atoms with Gasteiger partial charge in [-0.05, 0) is 76.1 Å². The van der Waals surface area contributed by atoms with E-state index in [2.05, 4.69) is 5.32 Å². The van der Waals surface area contributed by atoms with Gasteiger partial charge in [0.05, 0.1) is 10.6 Å². The molecule has 0 aliphatic carbocycles. The molecule has 0 aromatic heterocycles. The number of nitrogens with one attached hydrogen (secondary N) is 1. The van der Waals surface area contributed by atoms with Crippen LogP contribution in [-0.2, 0) is 26.2 Å². The van der Waals surface area contributed by atoms with Gasteiger partial charge in [-0.2, -0.15) is 0 Å². The molecule has 1 unspecified atom stereocenters. The summed E-state index contributed by atoms with van der Waals surface area (Å²) < 4.78 is 28.8. The van der Waals surface area contributed by atoms with Crippen molar-refractivity contribution in [1.29, 1.82) is 0 Å². The molecule has 1 N–H and O–H groups in total. The van der Waals surface area contributed by atoms with Crippen molar-refractivity contribution >= 4 is 39.1 Å². The van der Waals surface area contributed by atoms with E-state index in [1.807, 2.05) is 65.0 Å². The van der Waals surface area contributed by atoms with Crippen molar-refractivity contribution in [2.75, 3.05) is 10.8 Å². The normalized spacial score (nSPS) is 12.5. The molecule has 0 heterocycles. The van der Waals surface area contributed by atoms with Crippen LogP contribution in [0.3, 0.4) is 0 Å². The van der Waals surface area contributed by atoms with Gasteiger partial charge in [0.2, 0.25) is 11.8 Å². The summed E-state index contributed by atoms with van der Waals surface area (Å²) >= 11 is 6.00. The summed E-state index contributed by atoms with van der Waals surface area (Å²) in [5, 5.41) is 3.37. The highest BCUT2D eigenvalue weighted by Crippen LogP contribution is 2.26. The summed E-state index contributed by atoms with van der Waals surface area (Å²) in [7, 11) is -4.14. The number of carbonyl (C=O) groups excluding carboxylic acids is 2. The molecule has 1 atom stereocenters. The largest absolute Gasteiger partial charge is 0.350 e. The zero-order valence-corrected chi connectivity index (χ0v) is 24.6. The number of anilines is 1. The Kier molecular flexibility index (Phi) is 9.80. The third-order valence-corrected chi connectivity index (χ3v) is 8.12. The topological polar surface area (TPSA) is 86.8 Å². The van der Waals surface area contributed by atoms with E-state index < -0.39 is 34.1 Å². The number of aryl methyl sites for hydroxylation is 1. The van der Waals surface area contributed by atoms with Crippen molar-refractivity contribution in [3.05, 3.63) is 95.0 Å². The number of hydrogen-bond acceptors (Lipinski definition) is 4. The van der Waals surface area contributed by atoms with E-state index in [-0.39, 0.29) is 17.3 Å². The Hall–Kier alpha value is -3.36. The predicted octanol–water partition coefficient (Wildman–Crippen LogP) is 5.57. The lowest BCUT2D eigenvalue weighted by molar-refractivity contribution is -0.141. The lowest BCUT2D eigenvalue weighted by Gasteiger charge is -2.34. The van der Waals surface area contributed by atoms with Crippen LogP contribution < -0.4 is 9.62 Å². The van der Waals surface area contributed by atoms with Gasteiger partial charge in [-0.1, -0.05) is 66.6 Å². The Labute approximate surface area is 236 Å². The first-order chi connectivity index (χ1) is 18.3. The molecule has 9 heteroatoms. The number of halogens is 1. The third-order valence-electron chi connectivity index (χ3n) is 6.08. The second kappa shape index (κ2) is 12.7. The van der Waals surface area contributed by atoms with E-state index in [1.54, 1.807) is 24.3 Å². The summed E-state index contributed by atoms with van der Waals surface area (Å²) in [5.74, 6) is -0.787. The minimum absolute atomic E-state index is 0.00685. The standard InChI is InChI=1S/C30H36ClN3O4S/c1-6-27(29(36)32-30(3,4)5)33(20-23-10-8-7-9-11-23)28(35)21-34(25-16-12-22(2)13-17-25)39(37,38)26-18-14-24(31)15-19-26/h7-19,27H,6,20-21H2,1-5H3,(H,32,36). The summed E-state index contributed by atoms with van der Waals surface area (Å²) in [6.07, 6.45) is 0.356. The van der Waals surface area contributed by atoms with E-state index in [9.17, 15) is 18.0 Å². The molecule has 2 amide bonds. The lowest BCUT2D eigenvalue weighted by atomic mass is 10.1. The van der Waals surface area contributed by atoms with Crippen LogP contribution in [0.4, 0.5) is 5.69 Å². The van der Waals surface area contributed by atoms with E-state index in [0.717, 1.165) is 15.4 Å². The molecule has 3 rings (SSSR count). The molecule has 3 aromatic carbocycles. The van der Waals surface area contributed by atoms with Crippen molar-refractivity contribution in [1.82, 2.24) is 10.2 Å². The number of carbonyl (C=O) groups is 2. The number of rotatable bonds is 10. The number of hydrogen-bond donors (Lipinski definition) is 1. The molecule has 7 nitrogen and oxygen atoms in total. The third kappa shape index (κ3) is 8.07. The Balaban J connectivity index is 2.05. The molecule has 0 spiro atoms. The van der Waals surface area contributed by atoms with Gasteiger partial charge in [0.1, 0.15) is 12.6 Å². The highest BCUT2D eigenvalue weighted by molar-refractivity contribution is 7.92. The van der Waals surface area contributed by atoms with Gasteiger partial charge in [0, 0.05) is 17.1 Å². The van der Waals surface area contributed by atoms with Crippen molar-refractivity contribution in [2.45, 2.75) is 64.1 Å². The predicted molar refractivity (Wildman–Crippen MR) is 156 cm³/mol. The van der Waals surface area contributed by atoms with Crippen LogP contribution in [0.5, 0.6) is 0 Å². The van der Waals surface area contributed by atoms with Crippen LogP contribution in [0.15, 0.2) is 83.8 Å². The maximum absolute atomic E-state index is 14.0. The summed E-state index contributed by atoms with van der Waals surface area (Å²) in [5.41, 5.74) is 1.62. The van der Waals surface area contributed by atoms with Gasteiger partial charge in [0.25, 0.3) is 10.0 Å². The SMILES string of the molecule is CCC(C(=O)NC(C)(C)C)N(Cc1ccccc1)C(=O)CN(c1ccc(C)cc1)S(=O)(=O)c1ccc(Cl)cc1. The summed E-state index contributed by atoms with van der Waals surface area (Å²) in [6.45, 7) is 9.02. The maximum Gasteiger partial charge on any atom is 0.264 e. The maximum atomic E-state index is 14.0. The molecule has 0 fully saturated rings. The fourth-order valence-corrected chi connectivity index (χ4v) is 5.67. The smallest absolute Gasteiger partial charge is 0.264 e.